The fraction of sp³-hybridized carbons (Fsp3) is 0.0435. The number of nitro benzene ring substituents is 1. The Bertz CT molecular complexity index is 1290. The summed E-state index contributed by atoms with van der Waals surface area (Å²) in [5, 5.41) is 11.3. The minimum absolute atomic E-state index is 0.0517. The van der Waals surface area contributed by atoms with Crippen LogP contribution in [-0.4, -0.2) is 15.2 Å². The number of hydrogen-bond acceptors (Lipinski definition) is 6. The SMILES string of the molecule is O=C1/C(=C\c2cccc(OCc3c(F)cccc3Cl)c2)SC(=S)N1c1cccc([N+](=O)[O-])c1. The summed E-state index contributed by atoms with van der Waals surface area (Å²) in [5.41, 5.74) is 1.12. The molecular formula is C23H14ClFN2O4S2. The molecule has 4 rings (SSSR count). The van der Waals surface area contributed by atoms with Gasteiger partial charge in [0.25, 0.3) is 11.6 Å². The average Bonchev–Trinajstić information content (AvgIpc) is 3.06. The lowest BCUT2D eigenvalue weighted by molar-refractivity contribution is -0.384. The summed E-state index contributed by atoms with van der Waals surface area (Å²) in [4.78, 5) is 25.1. The van der Waals surface area contributed by atoms with Gasteiger partial charge < -0.3 is 4.74 Å². The van der Waals surface area contributed by atoms with E-state index in [1.54, 1.807) is 42.5 Å². The topological polar surface area (TPSA) is 72.7 Å². The lowest BCUT2D eigenvalue weighted by Gasteiger charge is -2.14. The largest absolute Gasteiger partial charge is 0.489 e. The number of rotatable bonds is 6. The Morgan fingerprint density at radius 2 is 1.91 bits per heavy atom. The highest BCUT2D eigenvalue weighted by molar-refractivity contribution is 8.27. The van der Waals surface area contributed by atoms with Crippen LogP contribution in [0.25, 0.3) is 6.08 Å². The lowest BCUT2D eigenvalue weighted by Crippen LogP contribution is -2.27. The molecular weight excluding hydrogens is 487 g/mol. The number of nitrogens with zero attached hydrogens (tertiary/aromatic N) is 2. The van der Waals surface area contributed by atoms with Crippen LogP contribution in [-0.2, 0) is 11.4 Å². The number of ether oxygens (including phenoxy) is 1. The van der Waals surface area contributed by atoms with Gasteiger partial charge in [-0.3, -0.25) is 19.8 Å². The molecule has 10 heteroatoms. The Balaban J connectivity index is 1.54. The van der Waals surface area contributed by atoms with Crippen molar-refractivity contribution in [2.75, 3.05) is 4.90 Å². The van der Waals surface area contributed by atoms with Gasteiger partial charge in [-0.05, 0) is 42.0 Å². The molecule has 1 fully saturated rings. The van der Waals surface area contributed by atoms with E-state index in [0.29, 0.717) is 21.9 Å². The minimum atomic E-state index is -0.531. The Morgan fingerprint density at radius 3 is 2.67 bits per heavy atom. The number of amides is 1. The average molecular weight is 501 g/mol. The van der Waals surface area contributed by atoms with Crippen molar-refractivity contribution >= 4 is 63.3 Å². The third kappa shape index (κ3) is 5.05. The van der Waals surface area contributed by atoms with Gasteiger partial charge >= 0.3 is 0 Å². The predicted molar refractivity (Wildman–Crippen MR) is 131 cm³/mol. The molecule has 0 aliphatic carbocycles. The molecule has 0 unspecified atom stereocenters. The number of hydrogen-bond donors (Lipinski definition) is 0. The van der Waals surface area contributed by atoms with Gasteiger partial charge in [-0.1, -0.05) is 59.8 Å². The molecule has 1 heterocycles. The molecule has 0 bridgehead atoms. The van der Waals surface area contributed by atoms with Crippen molar-refractivity contribution in [1.29, 1.82) is 0 Å². The van der Waals surface area contributed by atoms with Gasteiger partial charge in [-0.2, -0.15) is 0 Å². The second kappa shape index (κ2) is 9.70. The highest BCUT2D eigenvalue weighted by atomic mass is 35.5. The third-order valence-electron chi connectivity index (χ3n) is 4.69. The zero-order valence-corrected chi connectivity index (χ0v) is 19.1. The number of halogens is 2. The van der Waals surface area contributed by atoms with E-state index in [1.165, 1.54) is 35.2 Å². The maximum absolute atomic E-state index is 14.0. The van der Waals surface area contributed by atoms with Crippen molar-refractivity contribution in [2.45, 2.75) is 6.61 Å². The molecule has 166 valence electrons. The van der Waals surface area contributed by atoms with E-state index in [1.807, 2.05) is 0 Å². The van der Waals surface area contributed by atoms with E-state index in [2.05, 4.69) is 0 Å². The zero-order chi connectivity index (χ0) is 23.5. The molecule has 1 amide bonds. The lowest BCUT2D eigenvalue weighted by atomic mass is 10.2. The fourth-order valence-corrected chi connectivity index (χ4v) is 4.62. The smallest absolute Gasteiger partial charge is 0.271 e. The first-order chi connectivity index (χ1) is 15.8. The maximum Gasteiger partial charge on any atom is 0.271 e. The molecule has 1 aliphatic heterocycles. The monoisotopic (exact) mass is 500 g/mol. The van der Waals surface area contributed by atoms with Crippen LogP contribution in [0.4, 0.5) is 15.8 Å². The zero-order valence-electron chi connectivity index (χ0n) is 16.7. The van der Waals surface area contributed by atoms with Crippen molar-refractivity contribution in [2.24, 2.45) is 0 Å². The van der Waals surface area contributed by atoms with Crippen molar-refractivity contribution < 1.29 is 18.8 Å². The standard InChI is InChI=1S/C23H14ClFN2O4S2/c24-19-8-3-9-20(25)18(19)13-31-17-7-1-4-14(10-17)11-21-22(28)26(23(32)33-21)15-5-2-6-16(12-15)27(29)30/h1-12H,13H2/b21-11+. The summed E-state index contributed by atoms with van der Waals surface area (Å²) in [5.74, 6) is -0.365. The van der Waals surface area contributed by atoms with Crippen LogP contribution in [0.1, 0.15) is 11.1 Å². The normalized spacial score (nSPS) is 14.7. The van der Waals surface area contributed by atoms with Crippen molar-refractivity contribution in [3.63, 3.8) is 0 Å². The molecule has 6 nitrogen and oxygen atoms in total. The Morgan fingerprint density at radius 1 is 1.15 bits per heavy atom. The fourth-order valence-electron chi connectivity index (χ4n) is 3.11. The summed E-state index contributed by atoms with van der Waals surface area (Å²) >= 11 is 12.5. The minimum Gasteiger partial charge on any atom is -0.489 e. The number of anilines is 1. The molecule has 0 atom stereocenters. The maximum atomic E-state index is 14.0. The summed E-state index contributed by atoms with van der Waals surface area (Å²) in [6, 6.07) is 17.1. The first-order valence-corrected chi connectivity index (χ1v) is 11.1. The van der Waals surface area contributed by atoms with Gasteiger partial charge in [0.05, 0.1) is 20.5 Å². The van der Waals surface area contributed by atoms with Gasteiger partial charge in [-0.25, -0.2) is 4.39 Å². The first-order valence-electron chi connectivity index (χ1n) is 9.51. The predicted octanol–water partition coefficient (Wildman–Crippen LogP) is 6.37. The van der Waals surface area contributed by atoms with Gasteiger partial charge in [0, 0.05) is 17.7 Å². The Labute approximate surface area is 202 Å². The number of thioether (sulfide) groups is 1. The van der Waals surface area contributed by atoms with E-state index in [0.717, 1.165) is 11.8 Å². The summed E-state index contributed by atoms with van der Waals surface area (Å²) in [6.45, 7) is -0.0517. The van der Waals surface area contributed by atoms with Crippen LogP contribution < -0.4 is 9.64 Å². The van der Waals surface area contributed by atoms with Crippen molar-refractivity contribution in [3.8, 4) is 5.75 Å². The Hall–Kier alpha value is -3.27. The second-order valence-corrected chi connectivity index (χ2v) is 8.94. The first kappa shape index (κ1) is 22.9. The van der Waals surface area contributed by atoms with Gasteiger partial charge in [0.1, 0.15) is 18.2 Å². The number of thiocarbonyl (C=S) groups is 1. The molecule has 3 aromatic rings. The highest BCUT2D eigenvalue weighted by Gasteiger charge is 2.34. The van der Waals surface area contributed by atoms with Crippen LogP contribution in [0.3, 0.4) is 0 Å². The highest BCUT2D eigenvalue weighted by Crippen LogP contribution is 2.37. The van der Waals surface area contributed by atoms with E-state index in [9.17, 15) is 19.3 Å². The van der Waals surface area contributed by atoms with Gasteiger partial charge in [0.15, 0.2) is 4.32 Å². The molecule has 0 aromatic heterocycles. The van der Waals surface area contributed by atoms with Gasteiger partial charge in [0.2, 0.25) is 0 Å². The number of carbonyl (C=O) groups is 1. The molecule has 0 saturated carbocycles. The van der Waals surface area contributed by atoms with Crippen LogP contribution in [0.5, 0.6) is 5.75 Å². The summed E-state index contributed by atoms with van der Waals surface area (Å²) < 4.78 is 19.9. The number of benzene rings is 3. The van der Waals surface area contributed by atoms with E-state index in [-0.39, 0.29) is 33.1 Å². The molecule has 1 aliphatic rings. The Kier molecular flexibility index (Phi) is 6.73. The van der Waals surface area contributed by atoms with Crippen molar-refractivity contribution in [3.05, 3.63) is 104 Å². The van der Waals surface area contributed by atoms with Crippen LogP contribution in [0.15, 0.2) is 71.6 Å². The summed E-state index contributed by atoms with van der Waals surface area (Å²) in [7, 11) is 0. The van der Waals surface area contributed by atoms with Crippen LogP contribution >= 0.6 is 35.6 Å². The van der Waals surface area contributed by atoms with Crippen molar-refractivity contribution in [1.82, 2.24) is 0 Å². The van der Waals surface area contributed by atoms with E-state index < -0.39 is 10.7 Å². The molecule has 3 aromatic carbocycles. The third-order valence-corrected chi connectivity index (χ3v) is 6.35. The van der Waals surface area contributed by atoms with Gasteiger partial charge in [-0.15, -0.1) is 0 Å². The van der Waals surface area contributed by atoms with Crippen LogP contribution in [0.2, 0.25) is 5.02 Å². The molecule has 0 spiro atoms. The second-order valence-electron chi connectivity index (χ2n) is 6.86. The van der Waals surface area contributed by atoms with E-state index in [4.69, 9.17) is 28.6 Å². The number of non-ortho nitro benzene ring substituents is 1. The molecule has 1 saturated heterocycles. The molecule has 0 radical (unpaired) electrons. The molecule has 33 heavy (non-hydrogen) atoms. The number of carbonyl (C=O) groups excluding carboxylic acids is 1. The summed E-state index contributed by atoms with van der Waals surface area (Å²) in [6.07, 6.45) is 1.65. The number of nitro groups is 1. The molecule has 0 N–H and O–H groups in total. The quantitative estimate of drug-likeness (QED) is 0.169. The van der Waals surface area contributed by atoms with Crippen LogP contribution in [0, 0.1) is 15.9 Å². The van der Waals surface area contributed by atoms with E-state index >= 15 is 0 Å².